The minimum absolute atomic E-state index is 0.152. The smallest absolute Gasteiger partial charge is 0.301 e. The van der Waals surface area contributed by atoms with Crippen molar-refractivity contribution in [1.82, 2.24) is 14.9 Å². The Kier molecular flexibility index (Phi) is 4.69. The van der Waals surface area contributed by atoms with Crippen molar-refractivity contribution < 1.29 is 13.2 Å². The van der Waals surface area contributed by atoms with Crippen LogP contribution in [0.2, 0.25) is 0 Å². The molecule has 0 aliphatic carbocycles. The molecule has 0 saturated carbocycles. The van der Waals surface area contributed by atoms with Gasteiger partial charge in [-0.25, -0.2) is 4.98 Å². The highest BCUT2D eigenvalue weighted by Crippen LogP contribution is 2.32. The molecule has 0 atom stereocenters. The van der Waals surface area contributed by atoms with E-state index < -0.39 is 11.7 Å². The first-order valence-corrected chi connectivity index (χ1v) is 8.64. The highest BCUT2D eigenvalue weighted by molar-refractivity contribution is 7.98. The van der Waals surface area contributed by atoms with Gasteiger partial charge in [-0.3, -0.25) is 9.69 Å². The van der Waals surface area contributed by atoms with Crippen molar-refractivity contribution in [1.29, 1.82) is 0 Å². The fraction of sp³-hybridized carbons (Fsp3) is 0.375. The van der Waals surface area contributed by atoms with Gasteiger partial charge in [0.2, 0.25) is 0 Å². The van der Waals surface area contributed by atoms with Gasteiger partial charge in [0.05, 0.1) is 16.8 Å². The van der Waals surface area contributed by atoms with Gasteiger partial charge in [0.1, 0.15) is 0 Å². The molecule has 1 aromatic carbocycles. The van der Waals surface area contributed by atoms with E-state index >= 15 is 0 Å². The first-order chi connectivity index (χ1) is 11.4. The molecule has 0 fully saturated rings. The Hall–Kier alpha value is -1.80. The summed E-state index contributed by atoms with van der Waals surface area (Å²) in [4.78, 5) is 21.1. The van der Waals surface area contributed by atoms with E-state index in [1.165, 1.54) is 23.9 Å². The highest BCUT2D eigenvalue weighted by atomic mass is 32.2. The van der Waals surface area contributed by atoms with Gasteiger partial charge in [0.25, 0.3) is 5.56 Å². The number of hydrogen-bond donors (Lipinski definition) is 1. The van der Waals surface area contributed by atoms with Crippen LogP contribution in [0.4, 0.5) is 13.2 Å². The van der Waals surface area contributed by atoms with Crippen molar-refractivity contribution in [2.75, 3.05) is 12.8 Å². The number of nitrogens with one attached hydrogen (secondary N) is 1. The molecule has 0 radical (unpaired) electrons. The van der Waals surface area contributed by atoms with E-state index in [0.717, 1.165) is 11.8 Å². The van der Waals surface area contributed by atoms with Crippen LogP contribution in [0.25, 0.3) is 0 Å². The minimum Gasteiger partial charge on any atom is -0.301 e. The summed E-state index contributed by atoms with van der Waals surface area (Å²) in [6.45, 7) is 1.03. The van der Waals surface area contributed by atoms with Crippen LogP contribution >= 0.6 is 11.8 Å². The lowest BCUT2D eigenvalue weighted by Crippen LogP contribution is -2.35. The summed E-state index contributed by atoms with van der Waals surface area (Å²) >= 11 is 1.36. The minimum atomic E-state index is -4.38. The lowest BCUT2D eigenvalue weighted by molar-refractivity contribution is -0.138. The fourth-order valence-electron chi connectivity index (χ4n) is 2.87. The van der Waals surface area contributed by atoms with Crippen LogP contribution in [0.3, 0.4) is 0 Å². The fourth-order valence-corrected chi connectivity index (χ4v) is 3.26. The summed E-state index contributed by atoms with van der Waals surface area (Å²) in [5.41, 5.74) is 0.671. The van der Waals surface area contributed by atoms with Gasteiger partial charge in [-0.05, 0) is 17.9 Å². The van der Waals surface area contributed by atoms with Crippen molar-refractivity contribution in [3.05, 3.63) is 57.0 Å². The maximum Gasteiger partial charge on any atom is 0.416 e. The molecule has 8 heteroatoms. The topological polar surface area (TPSA) is 49.0 Å². The van der Waals surface area contributed by atoms with Gasteiger partial charge in [0, 0.05) is 26.1 Å². The second kappa shape index (κ2) is 6.60. The summed E-state index contributed by atoms with van der Waals surface area (Å²) in [5, 5.41) is 0.564. The molecule has 0 amide bonds. The Balaban J connectivity index is 1.84. The molecule has 0 bridgehead atoms. The molecule has 3 rings (SSSR count). The van der Waals surface area contributed by atoms with Crippen LogP contribution in [0, 0.1) is 0 Å². The van der Waals surface area contributed by atoms with E-state index in [2.05, 4.69) is 9.97 Å². The number of H-pyrrole nitrogens is 1. The highest BCUT2D eigenvalue weighted by Gasteiger charge is 2.33. The Labute approximate surface area is 141 Å². The first kappa shape index (κ1) is 17.0. The predicted octanol–water partition coefficient (Wildman–Crippen LogP) is 3.07. The number of aromatic amines is 1. The number of hydrogen-bond acceptors (Lipinski definition) is 4. The maximum atomic E-state index is 13.1. The molecule has 1 aromatic heterocycles. The first-order valence-electron chi connectivity index (χ1n) is 7.42. The molecular weight excluding hydrogens is 339 g/mol. The third-order valence-electron chi connectivity index (χ3n) is 4.04. The third-order valence-corrected chi connectivity index (χ3v) is 4.62. The molecule has 2 heterocycles. The number of aromatic nitrogens is 2. The number of rotatable bonds is 3. The summed E-state index contributed by atoms with van der Waals surface area (Å²) < 4.78 is 39.3. The van der Waals surface area contributed by atoms with Crippen LogP contribution in [-0.2, 0) is 25.7 Å². The van der Waals surface area contributed by atoms with Gasteiger partial charge >= 0.3 is 6.18 Å². The van der Waals surface area contributed by atoms with E-state index in [1.54, 1.807) is 6.07 Å². The average molecular weight is 355 g/mol. The molecule has 1 aliphatic heterocycles. The quantitative estimate of drug-likeness (QED) is 0.679. The Morgan fingerprint density at radius 3 is 2.79 bits per heavy atom. The zero-order valence-electron chi connectivity index (χ0n) is 13.0. The largest absolute Gasteiger partial charge is 0.416 e. The average Bonchev–Trinajstić information content (AvgIpc) is 2.54. The summed E-state index contributed by atoms with van der Waals surface area (Å²) in [6.07, 6.45) is -1.99. The van der Waals surface area contributed by atoms with Crippen molar-refractivity contribution in [2.24, 2.45) is 0 Å². The van der Waals surface area contributed by atoms with E-state index in [-0.39, 0.29) is 17.7 Å². The molecule has 0 spiro atoms. The van der Waals surface area contributed by atoms with Gasteiger partial charge in [-0.1, -0.05) is 30.0 Å². The normalized spacial score (nSPS) is 15.3. The molecular formula is C16H16F3N3OS. The van der Waals surface area contributed by atoms with E-state index in [0.29, 0.717) is 30.2 Å². The summed E-state index contributed by atoms with van der Waals surface area (Å²) in [7, 11) is 0. The van der Waals surface area contributed by atoms with E-state index in [9.17, 15) is 18.0 Å². The number of nitrogens with zero attached hydrogens (tertiary/aromatic N) is 2. The molecule has 4 nitrogen and oxygen atoms in total. The number of fused-ring (bicyclic) bond motifs is 1. The van der Waals surface area contributed by atoms with Crippen molar-refractivity contribution in [3.8, 4) is 0 Å². The maximum absolute atomic E-state index is 13.1. The van der Waals surface area contributed by atoms with E-state index in [4.69, 9.17) is 0 Å². The predicted molar refractivity (Wildman–Crippen MR) is 85.9 cm³/mol. The molecule has 128 valence electrons. The number of alkyl halides is 3. The Morgan fingerprint density at radius 1 is 1.33 bits per heavy atom. The monoisotopic (exact) mass is 355 g/mol. The van der Waals surface area contributed by atoms with Crippen LogP contribution in [0.5, 0.6) is 0 Å². The zero-order valence-corrected chi connectivity index (χ0v) is 13.8. The third kappa shape index (κ3) is 3.49. The molecule has 0 unspecified atom stereocenters. The van der Waals surface area contributed by atoms with Crippen molar-refractivity contribution in [3.63, 3.8) is 0 Å². The molecule has 24 heavy (non-hydrogen) atoms. The number of halogens is 3. The van der Waals surface area contributed by atoms with Gasteiger partial charge in [0.15, 0.2) is 5.16 Å². The van der Waals surface area contributed by atoms with Crippen molar-refractivity contribution in [2.45, 2.75) is 30.8 Å². The molecule has 2 aromatic rings. The second-order valence-corrected chi connectivity index (χ2v) is 6.41. The Bertz CT molecular complexity index is 804. The van der Waals surface area contributed by atoms with Crippen LogP contribution in [-0.4, -0.2) is 27.7 Å². The van der Waals surface area contributed by atoms with Crippen molar-refractivity contribution >= 4 is 11.8 Å². The molecule has 1 N–H and O–H groups in total. The zero-order chi connectivity index (χ0) is 17.3. The van der Waals surface area contributed by atoms with Gasteiger partial charge < -0.3 is 4.98 Å². The standard InChI is InChI=1S/C16H16F3N3OS/c1-24-15-20-13-6-7-22(9-11(13)14(23)21-15)8-10-4-2-3-5-12(10)16(17,18)19/h2-5H,6-9H2,1H3,(H,20,21,23). The summed E-state index contributed by atoms with van der Waals surface area (Å²) in [6, 6.07) is 5.56. The van der Waals surface area contributed by atoms with Crippen LogP contribution in [0.1, 0.15) is 22.4 Å². The number of benzene rings is 1. The molecule has 1 aliphatic rings. The lowest BCUT2D eigenvalue weighted by Gasteiger charge is -2.28. The van der Waals surface area contributed by atoms with Crippen LogP contribution in [0.15, 0.2) is 34.2 Å². The Morgan fingerprint density at radius 2 is 2.08 bits per heavy atom. The summed E-state index contributed by atoms with van der Waals surface area (Å²) in [5.74, 6) is 0. The SMILES string of the molecule is CSc1nc2c(c(=O)[nH]1)CN(Cc1ccccc1C(F)(F)F)CC2. The van der Waals surface area contributed by atoms with Gasteiger partial charge in [-0.2, -0.15) is 13.2 Å². The van der Waals surface area contributed by atoms with Gasteiger partial charge in [-0.15, -0.1) is 0 Å². The molecule has 0 saturated heterocycles. The lowest BCUT2D eigenvalue weighted by atomic mass is 10.0. The second-order valence-electron chi connectivity index (χ2n) is 5.62. The van der Waals surface area contributed by atoms with Crippen LogP contribution < -0.4 is 5.56 Å². The number of thioether (sulfide) groups is 1. The van der Waals surface area contributed by atoms with E-state index in [1.807, 2.05) is 11.2 Å².